The van der Waals surface area contributed by atoms with E-state index in [9.17, 15) is 8.42 Å². The second kappa shape index (κ2) is 4.52. The van der Waals surface area contributed by atoms with Crippen molar-refractivity contribution >= 4 is 10.0 Å². The van der Waals surface area contributed by atoms with Crippen LogP contribution >= 0.6 is 0 Å². The third-order valence-electron chi connectivity index (χ3n) is 2.67. The number of sulfonamides is 1. The molecule has 16 heavy (non-hydrogen) atoms. The van der Waals surface area contributed by atoms with E-state index in [2.05, 4.69) is 15.1 Å². The first-order chi connectivity index (χ1) is 7.58. The molecule has 2 rings (SSSR count). The lowest BCUT2D eigenvalue weighted by atomic mass is 10.2. The largest absolute Gasteiger partial charge is 0.313 e. The van der Waals surface area contributed by atoms with Gasteiger partial charge in [-0.1, -0.05) is 0 Å². The summed E-state index contributed by atoms with van der Waals surface area (Å²) < 4.78 is 27.7. The van der Waals surface area contributed by atoms with E-state index >= 15 is 0 Å². The third kappa shape index (κ3) is 2.60. The number of aromatic nitrogens is 2. The maximum absolute atomic E-state index is 11.8. The lowest BCUT2D eigenvalue weighted by molar-refractivity contribution is 0.551. The minimum atomic E-state index is -3.40. The molecule has 0 radical (unpaired) electrons. The van der Waals surface area contributed by atoms with Gasteiger partial charge in [0.05, 0.1) is 6.20 Å². The SMILES string of the molecule is Cn1cc(S(=O)(=O)NCC2CCCN2)cn1. The lowest BCUT2D eigenvalue weighted by Crippen LogP contribution is -2.37. The molecule has 0 amide bonds. The highest BCUT2D eigenvalue weighted by Gasteiger charge is 2.20. The molecule has 1 aliphatic heterocycles. The van der Waals surface area contributed by atoms with E-state index in [1.807, 2.05) is 0 Å². The van der Waals surface area contributed by atoms with Crippen LogP contribution in [-0.4, -0.2) is 37.3 Å². The van der Waals surface area contributed by atoms with Crippen LogP contribution in [0, 0.1) is 0 Å². The summed E-state index contributed by atoms with van der Waals surface area (Å²) in [6.07, 6.45) is 4.98. The van der Waals surface area contributed by atoms with Crippen molar-refractivity contribution in [2.45, 2.75) is 23.8 Å². The molecular formula is C9H16N4O2S. The van der Waals surface area contributed by atoms with Crippen molar-refractivity contribution in [2.24, 2.45) is 7.05 Å². The molecule has 1 aromatic rings. The minimum absolute atomic E-state index is 0.216. The summed E-state index contributed by atoms with van der Waals surface area (Å²) in [7, 11) is -1.71. The van der Waals surface area contributed by atoms with E-state index < -0.39 is 10.0 Å². The number of nitrogens with zero attached hydrogens (tertiary/aromatic N) is 2. The van der Waals surface area contributed by atoms with Gasteiger partial charge in [-0.2, -0.15) is 5.10 Å². The first kappa shape index (κ1) is 11.6. The molecule has 6 nitrogen and oxygen atoms in total. The molecule has 1 fully saturated rings. The van der Waals surface area contributed by atoms with Crippen LogP contribution < -0.4 is 10.0 Å². The van der Waals surface area contributed by atoms with Gasteiger partial charge in [0.25, 0.3) is 0 Å². The van der Waals surface area contributed by atoms with Crippen LogP contribution in [0.4, 0.5) is 0 Å². The van der Waals surface area contributed by atoms with E-state index in [4.69, 9.17) is 0 Å². The summed E-state index contributed by atoms with van der Waals surface area (Å²) in [5.41, 5.74) is 0. The van der Waals surface area contributed by atoms with E-state index in [0.717, 1.165) is 19.4 Å². The van der Waals surface area contributed by atoms with Crippen LogP contribution in [-0.2, 0) is 17.1 Å². The number of hydrogen-bond acceptors (Lipinski definition) is 4. The first-order valence-electron chi connectivity index (χ1n) is 5.29. The zero-order valence-corrected chi connectivity index (χ0v) is 10.00. The van der Waals surface area contributed by atoms with Crippen LogP contribution in [0.15, 0.2) is 17.3 Å². The van der Waals surface area contributed by atoms with Crippen molar-refractivity contribution in [1.29, 1.82) is 0 Å². The fourth-order valence-corrected chi connectivity index (χ4v) is 2.83. The topological polar surface area (TPSA) is 76.0 Å². The van der Waals surface area contributed by atoms with Crippen LogP contribution in [0.1, 0.15) is 12.8 Å². The van der Waals surface area contributed by atoms with Crippen molar-refractivity contribution in [1.82, 2.24) is 19.8 Å². The Hall–Kier alpha value is -0.920. The molecule has 0 aromatic carbocycles. The summed E-state index contributed by atoms with van der Waals surface area (Å²) in [6, 6.07) is 0.256. The summed E-state index contributed by atoms with van der Waals surface area (Å²) >= 11 is 0. The summed E-state index contributed by atoms with van der Waals surface area (Å²) in [5, 5.41) is 7.08. The van der Waals surface area contributed by atoms with Crippen LogP contribution in [0.25, 0.3) is 0 Å². The molecule has 1 unspecified atom stereocenters. The molecule has 0 bridgehead atoms. The van der Waals surface area contributed by atoms with Crippen LogP contribution in [0.5, 0.6) is 0 Å². The Bertz CT molecular complexity index is 448. The van der Waals surface area contributed by atoms with Crippen molar-refractivity contribution in [3.63, 3.8) is 0 Å². The number of hydrogen-bond donors (Lipinski definition) is 2. The second-order valence-electron chi connectivity index (χ2n) is 3.99. The minimum Gasteiger partial charge on any atom is -0.313 e. The van der Waals surface area contributed by atoms with E-state index in [1.165, 1.54) is 17.1 Å². The van der Waals surface area contributed by atoms with E-state index in [1.54, 1.807) is 7.05 Å². The monoisotopic (exact) mass is 244 g/mol. The molecule has 7 heteroatoms. The highest BCUT2D eigenvalue weighted by atomic mass is 32.2. The molecule has 1 atom stereocenters. The van der Waals surface area contributed by atoms with Crippen molar-refractivity contribution in [3.8, 4) is 0 Å². The Morgan fingerprint density at radius 2 is 2.50 bits per heavy atom. The highest BCUT2D eigenvalue weighted by Crippen LogP contribution is 2.08. The predicted molar refractivity (Wildman–Crippen MR) is 59.4 cm³/mol. The number of nitrogens with one attached hydrogen (secondary N) is 2. The molecule has 0 saturated carbocycles. The quantitative estimate of drug-likeness (QED) is 0.745. The Morgan fingerprint density at radius 1 is 1.69 bits per heavy atom. The fourth-order valence-electron chi connectivity index (χ4n) is 1.76. The first-order valence-corrected chi connectivity index (χ1v) is 6.78. The Balaban J connectivity index is 1.97. The zero-order chi connectivity index (χ0) is 11.6. The molecule has 2 heterocycles. The van der Waals surface area contributed by atoms with Gasteiger partial charge >= 0.3 is 0 Å². The van der Waals surface area contributed by atoms with Gasteiger partial charge in [0, 0.05) is 25.8 Å². The van der Waals surface area contributed by atoms with Gasteiger partial charge in [0.2, 0.25) is 10.0 Å². The highest BCUT2D eigenvalue weighted by molar-refractivity contribution is 7.89. The smallest absolute Gasteiger partial charge is 0.243 e. The summed E-state index contributed by atoms with van der Waals surface area (Å²) in [6.45, 7) is 1.41. The van der Waals surface area contributed by atoms with Crippen molar-refractivity contribution < 1.29 is 8.42 Å². The molecule has 1 saturated heterocycles. The van der Waals surface area contributed by atoms with Gasteiger partial charge in [-0.3, -0.25) is 4.68 Å². The summed E-state index contributed by atoms with van der Waals surface area (Å²) in [5.74, 6) is 0. The molecule has 0 aliphatic carbocycles. The third-order valence-corrected chi connectivity index (χ3v) is 4.05. The van der Waals surface area contributed by atoms with Crippen LogP contribution in [0.3, 0.4) is 0 Å². The fraction of sp³-hybridized carbons (Fsp3) is 0.667. The van der Waals surface area contributed by atoms with Crippen molar-refractivity contribution in [2.75, 3.05) is 13.1 Å². The van der Waals surface area contributed by atoms with Gasteiger partial charge in [-0.05, 0) is 19.4 Å². The van der Waals surface area contributed by atoms with Gasteiger partial charge < -0.3 is 5.32 Å². The van der Waals surface area contributed by atoms with Gasteiger partial charge in [0.15, 0.2) is 0 Å². The molecule has 2 N–H and O–H groups in total. The second-order valence-corrected chi connectivity index (χ2v) is 5.76. The standard InChI is InChI=1S/C9H16N4O2S/c1-13-7-9(6-11-13)16(14,15)12-5-8-3-2-4-10-8/h6-8,10,12H,2-5H2,1H3. The lowest BCUT2D eigenvalue weighted by Gasteiger charge is -2.10. The Kier molecular flexibility index (Phi) is 3.27. The van der Waals surface area contributed by atoms with Gasteiger partial charge in [0.1, 0.15) is 4.90 Å². The molecule has 1 aliphatic rings. The summed E-state index contributed by atoms with van der Waals surface area (Å²) in [4.78, 5) is 0.216. The van der Waals surface area contributed by atoms with Crippen molar-refractivity contribution in [3.05, 3.63) is 12.4 Å². The van der Waals surface area contributed by atoms with Gasteiger partial charge in [-0.25, -0.2) is 13.1 Å². The average molecular weight is 244 g/mol. The van der Waals surface area contributed by atoms with E-state index in [0.29, 0.717) is 6.54 Å². The molecule has 0 spiro atoms. The van der Waals surface area contributed by atoms with Gasteiger partial charge in [-0.15, -0.1) is 0 Å². The Morgan fingerprint density at radius 3 is 3.06 bits per heavy atom. The average Bonchev–Trinajstić information content (AvgIpc) is 2.85. The molecule has 90 valence electrons. The zero-order valence-electron chi connectivity index (χ0n) is 9.18. The molecular weight excluding hydrogens is 228 g/mol. The normalized spacial score (nSPS) is 21.4. The maximum Gasteiger partial charge on any atom is 0.243 e. The number of rotatable bonds is 4. The predicted octanol–water partition coefficient (Wildman–Crippen LogP) is -0.550. The number of aryl methyl sites for hydroxylation is 1. The molecule has 1 aromatic heterocycles. The Labute approximate surface area is 95.1 Å². The van der Waals surface area contributed by atoms with E-state index in [-0.39, 0.29) is 10.9 Å². The maximum atomic E-state index is 11.8. The van der Waals surface area contributed by atoms with Crippen LogP contribution in [0.2, 0.25) is 0 Å².